The highest BCUT2D eigenvalue weighted by molar-refractivity contribution is 6.35. The number of aromatic nitrogens is 1. The first-order valence-corrected chi connectivity index (χ1v) is 10.8. The van der Waals surface area contributed by atoms with Gasteiger partial charge in [0.2, 0.25) is 0 Å². The smallest absolute Gasteiger partial charge is 0.407 e. The zero-order valence-corrected chi connectivity index (χ0v) is 19.0. The van der Waals surface area contributed by atoms with Gasteiger partial charge in [0.05, 0.1) is 16.2 Å². The zero-order valence-electron chi connectivity index (χ0n) is 18.2. The van der Waals surface area contributed by atoms with Crippen LogP contribution in [-0.2, 0) is 0 Å². The quantitative estimate of drug-likeness (QED) is 0.635. The van der Waals surface area contributed by atoms with Crippen molar-refractivity contribution in [1.29, 1.82) is 0 Å². The molecule has 1 aromatic heterocycles. The van der Waals surface area contributed by atoms with Gasteiger partial charge in [-0.1, -0.05) is 29.8 Å². The molecular weight excluding hydrogens is 428 g/mol. The van der Waals surface area contributed by atoms with Gasteiger partial charge in [-0.3, -0.25) is 4.79 Å². The van der Waals surface area contributed by atoms with E-state index in [2.05, 4.69) is 0 Å². The van der Waals surface area contributed by atoms with Gasteiger partial charge in [-0.25, -0.2) is 9.78 Å². The fraction of sp³-hybridized carbons (Fsp3) is 0.292. The van der Waals surface area contributed by atoms with Crippen LogP contribution in [0.3, 0.4) is 0 Å². The molecule has 2 heterocycles. The molecule has 1 aliphatic heterocycles. The molecule has 0 aliphatic carbocycles. The van der Waals surface area contributed by atoms with E-state index < -0.39 is 6.09 Å². The molecule has 0 bridgehead atoms. The zero-order chi connectivity index (χ0) is 23.0. The highest BCUT2D eigenvalue weighted by Crippen LogP contribution is 2.30. The molecule has 4 rings (SSSR count). The first-order valence-electron chi connectivity index (χ1n) is 10.4. The van der Waals surface area contributed by atoms with E-state index >= 15 is 0 Å². The molecule has 8 heteroatoms. The number of rotatable bonds is 3. The molecule has 2 aromatic carbocycles. The third-order valence-corrected chi connectivity index (χ3v) is 6.16. The Morgan fingerprint density at radius 1 is 1.09 bits per heavy atom. The molecule has 1 unspecified atom stereocenters. The Kier molecular flexibility index (Phi) is 5.93. The predicted molar refractivity (Wildman–Crippen MR) is 127 cm³/mol. The Morgan fingerprint density at radius 2 is 1.81 bits per heavy atom. The number of amides is 2. The average molecular weight is 453 g/mol. The minimum Gasteiger partial charge on any atom is -0.465 e. The molecule has 7 nitrogen and oxygen atoms in total. The monoisotopic (exact) mass is 452 g/mol. The van der Waals surface area contributed by atoms with Crippen LogP contribution < -0.4 is 4.90 Å². The largest absolute Gasteiger partial charge is 0.465 e. The molecule has 32 heavy (non-hydrogen) atoms. The van der Waals surface area contributed by atoms with Gasteiger partial charge in [-0.15, -0.1) is 0 Å². The highest BCUT2D eigenvalue weighted by Gasteiger charge is 2.30. The van der Waals surface area contributed by atoms with E-state index in [4.69, 9.17) is 16.6 Å². The number of hydrogen-bond acceptors (Lipinski definition) is 4. The van der Waals surface area contributed by atoms with E-state index in [-0.39, 0.29) is 11.9 Å². The number of carbonyl (C=O) groups excluding carboxylic acids is 1. The second kappa shape index (κ2) is 8.67. The van der Waals surface area contributed by atoms with Gasteiger partial charge in [0.15, 0.2) is 0 Å². The maximum atomic E-state index is 13.1. The lowest BCUT2D eigenvalue weighted by molar-refractivity contribution is 0.0507. The standard InChI is InChI=1S/C24H25ClN4O3/c1-15-14-28(10-11-29(15)24(31)32)23(30)17-6-9-19-20(25)13-21(26-22(19)12-17)16-4-7-18(8-5-16)27(2)3/h4-9,12-13,15H,10-11,14H2,1-3H3,(H,31,32). The number of halogens is 1. The van der Waals surface area contributed by atoms with Crippen LogP contribution >= 0.6 is 11.6 Å². The molecule has 0 saturated carbocycles. The van der Waals surface area contributed by atoms with E-state index in [1.807, 2.05) is 62.3 Å². The van der Waals surface area contributed by atoms with Gasteiger partial charge in [-0.05, 0) is 37.3 Å². The van der Waals surface area contributed by atoms with Crippen LogP contribution in [0.2, 0.25) is 5.02 Å². The summed E-state index contributed by atoms with van der Waals surface area (Å²) < 4.78 is 0. The number of carboxylic acid groups (broad SMARTS) is 1. The number of nitrogens with zero attached hydrogens (tertiary/aromatic N) is 4. The van der Waals surface area contributed by atoms with Crippen molar-refractivity contribution in [2.45, 2.75) is 13.0 Å². The summed E-state index contributed by atoms with van der Waals surface area (Å²) in [7, 11) is 3.97. The number of carbonyl (C=O) groups is 2. The third kappa shape index (κ3) is 4.21. The molecule has 1 fully saturated rings. The average Bonchev–Trinajstić information content (AvgIpc) is 2.77. The molecule has 166 valence electrons. The molecule has 2 amide bonds. The van der Waals surface area contributed by atoms with Crippen molar-refractivity contribution in [1.82, 2.24) is 14.8 Å². The minimum atomic E-state index is -0.958. The maximum absolute atomic E-state index is 13.1. The van der Waals surface area contributed by atoms with Crippen LogP contribution in [-0.4, -0.2) is 71.7 Å². The van der Waals surface area contributed by atoms with Gasteiger partial charge in [0.25, 0.3) is 5.91 Å². The van der Waals surface area contributed by atoms with Crippen LogP contribution in [0.1, 0.15) is 17.3 Å². The number of hydrogen-bond donors (Lipinski definition) is 1. The summed E-state index contributed by atoms with van der Waals surface area (Å²) in [6.07, 6.45) is -0.958. The molecule has 1 saturated heterocycles. The van der Waals surface area contributed by atoms with E-state index in [0.717, 1.165) is 22.3 Å². The summed E-state index contributed by atoms with van der Waals surface area (Å²) in [6.45, 7) is 2.83. The van der Waals surface area contributed by atoms with Crippen molar-refractivity contribution in [2.75, 3.05) is 38.6 Å². The summed E-state index contributed by atoms with van der Waals surface area (Å²) >= 11 is 6.53. The van der Waals surface area contributed by atoms with Gasteiger partial charge in [0.1, 0.15) is 0 Å². The normalized spacial score (nSPS) is 16.3. The SMILES string of the molecule is CC1CN(C(=O)c2ccc3c(Cl)cc(-c4ccc(N(C)C)cc4)nc3c2)CCN1C(=O)O. The van der Waals surface area contributed by atoms with Gasteiger partial charge in [0, 0.05) is 62.0 Å². The molecule has 1 N–H and O–H groups in total. The Balaban J connectivity index is 1.63. The fourth-order valence-electron chi connectivity index (χ4n) is 4.01. The lowest BCUT2D eigenvalue weighted by atomic mass is 10.1. The fourth-order valence-corrected chi connectivity index (χ4v) is 4.27. The molecule has 1 aliphatic rings. The summed E-state index contributed by atoms with van der Waals surface area (Å²) in [5.74, 6) is -0.137. The maximum Gasteiger partial charge on any atom is 0.407 e. The molecule has 3 aromatic rings. The summed E-state index contributed by atoms with van der Waals surface area (Å²) in [5.41, 5.74) is 3.92. The predicted octanol–water partition coefficient (Wildman–Crippen LogP) is 4.45. The van der Waals surface area contributed by atoms with Crippen LogP contribution in [0.15, 0.2) is 48.5 Å². The molecule has 1 atom stereocenters. The van der Waals surface area contributed by atoms with E-state index in [1.165, 1.54) is 4.90 Å². The minimum absolute atomic E-state index is 0.137. The summed E-state index contributed by atoms with van der Waals surface area (Å²) in [6, 6.07) is 14.9. The lowest BCUT2D eigenvalue weighted by Gasteiger charge is -2.38. The van der Waals surface area contributed by atoms with Crippen molar-refractivity contribution in [3.8, 4) is 11.3 Å². The van der Waals surface area contributed by atoms with E-state index in [0.29, 0.717) is 35.7 Å². The first-order chi connectivity index (χ1) is 15.2. The second-order valence-corrected chi connectivity index (χ2v) is 8.65. The lowest BCUT2D eigenvalue weighted by Crippen LogP contribution is -2.55. The molecule has 0 spiro atoms. The Labute approximate surface area is 191 Å². The third-order valence-electron chi connectivity index (χ3n) is 5.85. The number of pyridine rings is 1. The summed E-state index contributed by atoms with van der Waals surface area (Å²) in [5, 5.41) is 10.6. The van der Waals surface area contributed by atoms with Crippen molar-refractivity contribution < 1.29 is 14.7 Å². The summed E-state index contributed by atoms with van der Waals surface area (Å²) in [4.78, 5) is 34.2. The first kappa shape index (κ1) is 21.9. The van der Waals surface area contributed by atoms with Crippen molar-refractivity contribution >= 4 is 40.2 Å². The Bertz CT molecular complexity index is 1180. The van der Waals surface area contributed by atoms with E-state index in [9.17, 15) is 14.7 Å². The second-order valence-electron chi connectivity index (χ2n) is 8.24. The molecule has 0 radical (unpaired) electrons. The number of anilines is 1. The molecular formula is C24H25ClN4O3. The Morgan fingerprint density at radius 3 is 2.44 bits per heavy atom. The van der Waals surface area contributed by atoms with E-state index in [1.54, 1.807) is 17.0 Å². The number of piperazine rings is 1. The topological polar surface area (TPSA) is 77.0 Å². The number of benzene rings is 2. The highest BCUT2D eigenvalue weighted by atomic mass is 35.5. The van der Waals surface area contributed by atoms with Crippen LogP contribution in [0.25, 0.3) is 22.2 Å². The number of fused-ring (bicyclic) bond motifs is 1. The van der Waals surface area contributed by atoms with Crippen LogP contribution in [0.4, 0.5) is 10.5 Å². The van der Waals surface area contributed by atoms with Crippen LogP contribution in [0.5, 0.6) is 0 Å². The van der Waals surface area contributed by atoms with Gasteiger partial charge < -0.3 is 19.8 Å². The van der Waals surface area contributed by atoms with Gasteiger partial charge >= 0.3 is 6.09 Å². The van der Waals surface area contributed by atoms with Gasteiger partial charge in [-0.2, -0.15) is 0 Å². The van der Waals surface area contributed by atoms with Crippen LogP contribution in [0, 0.1) is 0 Å². The van der Waals surface area contributed by atoms with Crippen molar-refractivity contribution in [2.24, 2.45) is 0 Å². The van der Waals surface area contributed by atoms with Crippen molar-refractivity contribution in [3.63, 3.8) is 0 Å². The Hall–Kier alpha value is -3.32. The van der Waals surface area contributed by atoms with Crippen molar-refractivity contribution in [3.05, 3.63) is 59.1 Å².